The number of hydrogen-bond donors (Lipinski definition) is 1. The number of carbonyl (C=O) groups excluding carboxylic acids is 1. The molecule has 0 aliphatic rings. The fourth-order valence-electron chi connectivity index (χ4n) is 2.91. The average molecular weight is 400 g/mol. The van der Waals surface area contributed by atoms with Gasteiger partial charge in [-0.05, 0) is 39.3 Å². The van der Waals surface area contributed by atoms with Crippen LogP contribution in [0.4, 0.5) is 5.13 Å². The van der Waals surface area contributed by atoms with Gasteiger partial charge >= 0.3 is 0 Å². The van der Waals surface area contributed by atoms with Gasteiger partial charge in [0.25, 0.3) is 11.6 Å². The fourth-order valence-corrected chi connectivity index (χ4v) is 4.52. The first kappa shape index (κ1) is 17.7. The minimum absolute atomic E-state index is 0.279. The van der Waals surface area contributed by atoms with Gasteiger partial charge in [-0.3, -0.25) is 10.1 Å². The molecule has 0 spiro atoms. The van der Waals surface area contributed by atoms with Crippen LogP contribution >= 0.6 is 22.7 Å². The third-order valence-corrected chi connectivity index (χ3v) is 6.12. The van der Waals surface area contributed by atoms with Gasteiger partial charge < -0.3 is 4.52 Å². The summed E-state index contributed by atoms with van der Waals surface area (Å²) in [4.78, 5) is 19.9. The molecule has 0 bridgehead atoms. The van der Waals surface area contributed by atoms with Crippen LogP contribution in [0.5, 0.6) is 0 Å². The molecule has 4 aromatic rings. The molecular formula is C18H17N5O2S2. The van der Waals surface area contributed by atoms with Crippen molar-refractivity contribution in [3.63, 3.8) is 0 Å². The molecule has 0 aromatic carbocycles. The summed E-state index contributed by atoms with van der Waals surface area (Å²) in [5.74, 6) is -0.279. The molecule has 1 amide bonds. The van der Waals surface area contributed by atoms with Crippen LogP contribution in [0.1, 0.15) is 37.7 Å². The Kier molecular flexibility index (Phi) is 4.48. The number of nitrogens with zero attached hydrogens (tertiary/aromatic N) is 4. The maximum atomic E-state index is 13.0. The van der Waals surface area contributed by atoms with E-state index < -0.39 is 0 Å². The Morgan fingerprint density at radius 2 is 2.00 bits per heavy atom. The summed E-state index contributed by atoms with van der Waals surface area (Å²) < 4.78 is 5.36. The largest absolute Gasteiger partial charge is 0.335 e. The van der Waals surface area contributed by atoms with E-state index in [1.807, 2.05) is 20.8 Å². The van der Waals surface area contributed by atoms with Crippen molar-refractivity contribution in [1.29, 1.82) is 0 Å². The summed E-state index contributed by atoms with van der Waals surface area (Å²) in [6.07, 6.45) is 0.777. The number of rotatable bonds is 4. The molecule has 1 N–H and O–H groups in total. The second-order valence-electron chi connectivity index (χ2n) is 6.14. The first-order valence-corrected chi connectivity index (χ1v) is 10.1. The highest BCUT2D eigenvalue weighted by atomic mass is 32.1. The summed E-state index contributed by atoms with van der Waals surface area (Å²) in [6, 6.07) is 3.86. The number of fused-ring (bicyclic) bond motifs is 1. The van der Waals surface area contributed by atoms with Crippen LogP contribution < -0.4 is 5.32 Å². The Bertz CT molecular complexity index is 1160. The molecule has 9 heteroatoms. The van der Waals surface area contributed by atoms with E-state index in [1.54, 1.807) is 24.3 Å². The predicted octanol–water partition coefficient (Wildman–Crippen LogP) is 4.54. The third-order valence-electron chi connectivity index (χ3n) is 4.17. The van der Waals surface area contributed by atoms with E-state index in [2.05, 4.69) is 31.7 Å². The van der Waals surface area contributed by atoms with Crippen LogP contribution in [-0.2, 0) is 6.42 Å². The third kappa shape index (κ3) is 3.24. The summed E-state index contributed by atoms with van der Waals surface area (Å²) >= 11 is 3.06. The number of thiophene rings is 1. The highest BCUT2D eigenvalue weighted by Crippen LogP contribution is 2.33. The maximum Gasteiger partial charge on any atom is 0.259 e. The quantitative estimate of drug-likeness (QED) is 0.541. The van der Waals surface area contributed by atoms with Crippen molar-refractivity contribution in [3.05, 3.63) is 38.2 Å². The Morgan fingerprint density at radius 3 is 2.67 bits per heavy atom. The van der Waals surface area contributed by atoms with E-state index >= 15 is 0 Å². The standard InChI is InChI=1S/C18H17N5O2S2/c1-5-14-21-22-18(27-14)20-16(24)12-7-13(11-6-8(2)26-10(11)4)19-17-15(12)9(3)23-25-17/h6-7H,5H2,1-4H3,(H,20,22,24). The molecule has 0 radical (unpaired) electrons. The zero-order chi connectivity index (χ0) is 19.1. The number of pyridine rings is 1. The van der Waals surface area contributed by atoms with Crippen molar-refractivity contribution in [2.24, 2.45) is 0 Å². The van der Waals surface area contributed by atoms with Gasteiger partial charge in [0.1, 0.15) is 5.01 Å². The molecule has 0 aliphatic heterocycles. The highest BCUT2D eigenvalue weighted by Gasteiger charge is 2.21. The Balaban J connectivity index is 1.81. The van der Waals surface area contributed by atoms with Crippen LogP contribution in [-0.4, -0.2) is 26.2 Å². The van der Waals surface area contributed by atoms with Crippen molar-refractivity contribution >= 4 is 44.8 Å². The number of aryl methyl sites for hydroxylation is 4. The molecule has 138 valence electrons. The van der Waals surface area contributed by atoms with Gasteiger partial charge in [-0.15, -0.1) is 21.5 Å². The molecule has 0 saturated carbocycles. The Labute approximate surface area is 163 Å². The van der Waals surface area contributed by atoms with Crippen LogP contribution in [0.15, 0.2) is 16.7 Å². The normalized spacial score (nSPS) is 11.3. The number of anilines is 1. The minimum atomic E-state index is -0.279. The van der Waals surface area contributed by atoms with Crippen LogP contribution in [0.25, 0.3) is 22.4 Å². The van der Waals surface area contributed by atoms with Crippen molar-refractivity contribution in [1.82, 2.24) is 20.3 Å². The molecule has 4 aromatic heterocycles. The second-order valence-corrected chi connectivity index (χ2v) is 8.66. The Morgan fingerprint density at radius 1 is 1.19 bits per heavy atom. The topological polar surface area (TPSA) is 93.8 Å². The molecule has 0 aliphatic carbocycles. The van der Waals surface area contributed by atoms with Gasteiger partial charge in [0.15, 0.2) is 0 Å². The molecule has 27 heavy (non-hydrogen) atoms. The van der Waals surface area contributed by atoms with Crippen molar-refractivity contribution in [3.8, 4) is 11.3 Å². The minimum Gasteiger partial charge on any atom is -0.335 e. The van der Waals surface area contributed by atoms with Gasteiger partial charge in [0.05, 0.1) is 22.3 Å². The lowest BCUT2D eigenvalue weighted by molar-refractivity contribution is 0.102. The lowest BCUT2D eigenvalue weighted by Gasteiger charge is -2.06. The predicted molar refractivity (Wildman–Crippen MR) is 107 cm³/mol. The maximum absolute atomic E-state index is 13.0. The van der Waals surface area contributed by atoms with E-state index in [0.717, 1.165) is 21.9 Å². The fraction of sp³-hybridized carbons (Fsp3) is 0.278. The van der Waals surface area contributed by atoms with Gasteiger partial charge in [0, 0.05) is 15.3 Å². The molecular weight excluding hydrogens is 382 g/mol. The van der Waals surface area contributed by atoms with Crippen LogP contribution in [0.2, 0.25) is 0 Å². The summed E-state index contributed by atoms with van der Waals surface area (Å²) in [6.45, 7) is 7.88. The summed E-state index contributed by atoms with van der Waals surface area (Å²) in [7, 11) is 0. The molecule has 0 atom stereocenters. The van der Waals surface area contributed by atoms with Crippen LogP contribution in [0, 0.1) is 20.8 Å². The van der Waals surface area contributed by atoms with Gasteiger partial charge in [-0.1, -0.05) is 23.4 Å². The van der Waals surface area contributed by atoms with Crippen molar-refractivity contribution in [2.45, 2.75) is 34.1 Å². The smallest absolute Gasteiger partial charge is 0.259 e. The molecule has 4 heterocycles. The monoisotopic (exact) mass is 399 g/mol. The molecule has 4 rings (SSSR count). The molecule has 0 unspecified atom stereocenters. The zero-order valence-corrected chi connectivity index (χ0v) is 16.9. The number of hydrogen-bond acceptors (Lipinski definition) is 8. The van der Waals surface area contributed by atoms with E-state index in [0.29, 0.717) is 33.2 Å². The number of amides is 1. The van der Waals surface area contributed by atoms with Gasteiger partial charge in [-0.25, -0.2) is 4.98 Å². The first-order chi connectivity index (χ1) is 13.0. The van der Waals surface area contributed by atoms with Crippen molar-refractivity contribution < 1.29 is 9.32 Å². The van der Waals surface area contributed by atoms with Gasteiger partial charge in [-0.2, -0.15) is 0 Å². The zero-order valence-electron chi connectivity index (χ0n) is 15.3. The number of carbonyl (C=O) groups is 1. The van der Waals surface area contributed by atoms with E-state index in [4.69, 9.17) is 4.52 Å². The molecule has 0 saturated heterocycles. The lowest BCUT2D eigenvalue weighted by atomic mass is 10.1. The van der Waals surface area contributed by atoms with E-state index in [-0.39, 0.29) is 5.91 Å². The summed E-state index contributed by atoms with van der Waals surface area (Å²) in [5, 5.41) is 16.8. The SMILES string of the molecule is CCc1nnc(NC(=O)c2cc(-c3cc(C)sc3C)nc3onc(C)c23)s1. The number of nitrogens with one attached hydrogen (secondary N) is 1. The molecule has 0 fully saturated rings. The average Bonchev–Trinajstić information content (AvgIpc) is 3.33. The van der Waals surface area contributed by atoms with Gasteiger partial charge in [0.2, 0.25) is 5.13 Å². The van der Waals surface area contributed by atoms with Crippen LogP contribution in [0.3, 0.4) is 0 Å². The van der Waals surface area contributed by atoms with E-state index in [9.17, 15) is 4.79 Å². The molecule has 7 nitrogen and oxygen atoms in total. The summed E-state index contributed by atoms with van der Waals surface area (Å²) in [5.41, 5.74) is 3.12. The second kappa shape index (κ2) is 6.82. The number of aromatic nitrogens is 4. The van der Waals surface area contributed by atoms with E-state index in [1.165, 1.54) is 16.2 Å². The first-order valence-electron chi connectivity index (χ1n) is 8.44. The lowest BCUT2D eigenvalue weighted by Crippen LogP contribution is -2.13. The Hall–Kier alpha value is -2.65. The van der Waals surface area contributed by atoms with Crippen molar-refractivity contribution in [2.75, 3.05) is 5.32 Å². The highest BCUT2D eigenvalue weighted by molar-refractivity contribution is 7.15.